The van der Waals surface area contributed by atoms with Crippen molar-refractivity contribution >= 4 is 29.8 Å². The van der Waals surface area contributed by atoms with Crippen LogP contribution in [-0.2, 0) is 15.6 Å². The first kappa shape index (κ1) is 38.1. The maximum absolute atomic E-state index is 14.7. The van der Waals surface area contributed by atoms with Gasteiger partial charge in [0.25, 0.3) is 5.91 Å². The highest BCUT2D eigenvalue weighted by molar-refractivity contribution is 7.97. The molecule has 0 aromatic carbocycles. The fraction of sp³-hybridized carbons (Fsp3) is 0.553. The highest BCUT2D eigenvalue weighted by atomic mass is 32.2. The van der Waals surface area contributed by atoms with Gasteiger partial charge in [-0.25, -0.2) is 14.8 Å². The summed E-state index contributed by atoms with van der Waals surface area (Å²) in [5.74, 6) is -0.480. The second-order valence-corrected chi connectivity index (χ2v) is 17.5. The van der Waals surface area contributed by atoms with Crippen molar-refractivity contribution in [2.45, 2.75) is 128 Å². The Kier molecular flexibility index (Phi) is 11.4. The number of hydrogen-bond donors (Lipinski definition) is 2. The number of amides is 2. The Morgan fingerprint density at radius 1 is 1.00 bits per heavy atom. The van der Waals surface area contributed by atoms with Crippen LogP contribution in [0.3, 0.4) is 0 Å². The van der Waals surface area contributed by atoms with Crippen LogP contribution in [-0.4, -0.2) is 49.5 Å². The first-order valence-electron chi connectivity index (χ1n) is 17.0. The minimum absolute atomic E-state index is 0.0276. The van der Waals surface area contributed by atoms with Crippen LogP contribution in [0, 0.1) is 11.9 Å². The number of hydrogen-bond acceptors (Lipinski definition) is 8. The number of aromatic nitrogens is 3. The number of halogens is 1. The smallest absolute Gasteiger partial charge is 0.410 e. The van der Waals surface area contributed by atoms with Crippen LogP contribution in [0.1, 0.15) is 129 Å². The highest BCUT2D eigenvalue weighted by Crippen LogP contribution is 2.38. The van der Waals surface area contributed by atoms with Gasteiger partial charge in [0.2, 0.25) is 5.95 Å². The summed E-state index contributed by atoms with van der Waals surface area (Å²) in [6, 6.07) is 12.7. The minimum Gasteiger partial charge on any atom is -0.444 e. The monoisotopic (exact) mass is 692 g/mol. The lowest BCUT2D eigenvalue weighted by Crippen LogP contribution is -2.45. The summed E-state index contributed by atoms with van der Waals surface area (Å²) >= 11 is 1.01. The lowest BCUT2D eigenvalue weighted by Gasteiger charge is -2.33. The topological polar surface area (TPSA) is 109 Å². The summed E-state index contributed by atoms with van der Waals surface area (Å²) in [6.45, 7) is 22.8. The van der Waals surface area contributed by atoms with Gasteiger partial charge in [-0.3, -0.25) is 14.5 Å². The summed E-state index contributed by atoms with van der Waals surface area (Å²) in [4.78, 5) is 41.3. The number of nitrogens with one attached hydrogen (secondary N) is 2. The van der Waals surface area contributed by atoms with Gasteiger partial charge in [-0.15, -0.1) is 0 Å². The van der Waals surface area contributed by atoms with Gasteiger partial charge in [-0.2, -0.15) is 4.39 Å². The molecule has 2 amide bonds. The van der Waals surface area contributed by atoms with Gasteiger partial charge < -0.3 is 15.0 Å². The molecule has 3 aromatic heterocycles. The molecule has 3 aromatic rings. The molecule has 1 saturated heterocycles. The Balaban J connectivity index is 1.48. The Bertz CT molecular complexity index is 1630. The number of carbonyl (C=O) groups is 2. The number of rotatable bonds is 9. The fourth-order valence-corrected chi connectivity index (χ4v) is 6.47. The molecule has 4 heterocycles. The molecule has 266 valence electrons. The van der Waals surface area contributed by atoms with E-state index in [1.807, 2.05) is 64.8 Å². The normalized spacial score (nSPS) is 17.1. The molecule has 0 spiro atoms. The number of nitrogens with zero attached hydrogens (tertiary/aromatic N) is 4. The predicted molar refractivity (Wildman–Crippen MR) is 194 cm³/mol. The molecular formula is C38H53FN6O3S. The lowest BCUT2D eigenvalue weighted by molar-refractivity contribution is 0.0130. The predicted octanol–water partition coefficient (Wildman–Crippen LogP) is 9.01. The fourth-order valence-electron chi connectivity index (χ4n) is 5.88. The van der Waals surface area contributed by atoms with Crippen LogP contribution in [0.25, 0.3) is 0 Å². The first-order chi connectivity index (χ1) is 22.6. The number of anilines is 1. The van der Waals surface area contributed by atoms with Crippen LogP contribution >= 0.6 is 11.9 Å². The van der Waals surface area contributed by atoms with Crippen LogP contribution in [0.4, 0.5) is 15.0 Å². The Labute approximate surface area is 295 Å². The summed E-state index contributed by atoms with van der Waals surface area (Å²) in [5.41, 5.74) is 1.26. The number of ether oxygens (including phenoxy) is 1. The molecule has 0 bridgehead atoms. The van der Waals surface area contributed by atoms with Crippen molar-refractivity contribution in [3.63, 3.8) is 0 Å². The molecule has 49 heavy (non-hydrogen) atoms. The number of carbonyl (C=O) groups excluding carboxylic acids is 2. The van der Waals surface area contributed by atoms with E-state index in [1.54, 1.807) is 12.1 Å². The zero-order chi connectivity index (χ0) is 36.4. The van der Waals surface area contributed by atoms with Crippen LogP contribution in [0.15, 0.2) is 53.7 Å². The minimum atomic E-state index is -0.804. The van der Waals surface area contributed by atoms with Crippen LogP contribution in [0.2, 0.25) is 0 Å². The number of likely N-dealkylation sites (tertiary alicyclic amines) is 1. The van der Waals surface area contributed by atoms with Gasteiger partial charge in [0, 0.05) is 41.3 Å². The van der Waals surface area contributed by atoms with Gasteiger partial charge in [-0.05, 0) is 101 Å². The lowest BCUT2D eigenvalue weighted by atomic mass is 9.87. The summed E-state index contributed by atoms with van der Waals surface area (Å²) in [5, 5.41) is 4.12. The molecule has 0 saturated carbocycles. The third kappa shape index (κ3) is 10.4. The second kappa shape index (κ2) is 14.6. The van der Waals surface area contributed by atoms with Crippen molar-refractivity contribution in [2.24, 2.45) is 5.92 Å². The molecule has 11 heteroatoms. The van der Waals surface area contributed by atoms with Crippen molar-refractivity contribution in [2.75, 3.05) is 11.9 Å². The average molecular weight is 693 g/mol. The van der Waals surface area contributed by atoms with E-state index in [0.717, 1.165) is 42.5 Å². The van der Waals surface area contributed by atoms with E-state index in [2.05, 4.69) is 61.8 Å². The SMILES string of the molecule is CC(C)(C)OC(=O)N1C[C@@H](CCC(Nc2cccc(SNC(=O)c3ccc(C(C)(C)C)nc3F)n2)c2ccc(C(C)(C)C)cn2)CC1(C)C. The molecule has 2 N–H and O–H groups in total. The molecular weight excluding hydrogens is 640 g/mol. The average Bonchev–Trinajstić information content (AvgIpc) is 3.30. The Morgan fingerprint density at radius 3 is 2.31 bits per heavy atom. The third-order valence-corrected chi connectivity index (χ3v) is 9.33. The Hall–Kier alpha value is -3.73. The van der Waals surface area contributed by atoms with Crippen molar-refractivity contribution in [3.05, 3.63) is 77.1 Å². The molecule has 1 aliphatic heterocycles. The quantitative estimate of drug-likeness (QED) is 0.169. The van der Waals surface area contributed by atoms with E-state index in [9.17, 15) is 14.0 Å². The zero-order valence-electron chi connectivity index (χ0n) is 30.9. The molecule has 4 rings (SSSR count). The summed E-state index contributed by atoms with van der Waals surface area (Å²) in [7, 11) is 0. The van der Waals surface area contributed by atoms with E-state index in [4.69, 9.17) is 14.7 Å². The van der Waals surface area contributed by atoms with E-state index >= 15 is 0 Å². The van der Waals surface area contributed by atoms with Gasteiger partial charge >= 0.3 is 6.09 Å². The van der Waals surface area contributed by atoms with Crippen LogP contribution in [0.5, 0.6) is 0 Å². The molecule has 1 aliphatic rings. The van der Waals surface area contributed by atoms with Gasteiger partial charge in [0.15, 0.2) is 0 Å². The maximum Gasteiger partial charge on any atom is 0.410 e. The van der Waals surface area contributed by atoms with Crippen molar-refractivity contribution in [1.82, 2.24) is 24.6 Å². The van der Waals surface area contributed by atoms with Crippen LogP contribution < -0.4 is 10.0 Å². The molecule has 0 radical (unpaired) electrons. The van der Waals surface area contributed by atoms with Crippen molar-refractivity contribution < 1.29 is 18.7 Å². The Morgan fingerprint density at radius 2 is 1.71 bits per heavy atom. The second-order valence-electron chi connectivity index (χ2n) is 16.6. The molecule has 2 atom stereocenters. The van der Waals surface area contributed by atoms with E-state index in [1.165, 1.54) is 6.07 Å². The highest BCUT2D eigenvalue weighted by Gasteiger charge is 2.43. The molecule has 9 nitrogen and oxygen atoms in total. The van der Waals surface area contributed by atoms with E-state index < -0.39 is 17.5 Å². The van der Waals surface area contributed by atoms with Gasteiger partial charge in [0.1, 0.15) is 16.4 Å². The summed E-state index contributed by atoms with van der Waals surface area (Å²) < 4.78 is 23.1. The van der Waals surface area contributed by atoms with E-state index in [-0.39, 0.29) is 40.0 Å². The standard InChI is InChI=1S/C38H53FN6O3S/c1-35(2,3)25-16-19-27(40-22-25)28(18-15-24-21-38(10,11)45(23-24)34(47)48-37(7,8)9)41-30-13-12-14-31(43-30)49-44-33(46)26-17-20-29(36(4,5)6)42-32(26)39/h12-14,16-17,19-20,22,24,28H,15,18,21,23H2,1-11H3,(H,41,43)(H,44,46)/t24-,28?/m0/s1. The third-order valence-electron chi connectivity index (χ3n) is 8.60. The van der Waals surface area contributed by atoms with Gasteiger partial charge in [-0.1, -0.05) is 53.7 Å². The van der Waals surface area contributed by atoms with E-state index in [0.29, 0.717) is 23.1 Å². The van der Waals surface area contributed by atoms with Crippen molar-refractivity contribution in [3.8, 4) is 0 Å². The first-order valence-corrected chi connectivity index (χ1v) is 17.8. The molecule has 0 aliphatic carbocycles. The largest absolute Gasteiger partial charge is 0.444 e. The van der Waals surface area contributed by atoms with Crippen molar-refractivity contribution in [1.29, 1.82) is 0 Å². The zero-order valence-corrected chi connectivity index (χ0v) is 31.7. The van der Waals surface area contributed by atoms with Gasteiger partial charge in [0.05, 0.1) is 17.3 Å². The summed E-state index contributed by atoms with van der Waals surface area (Å²) in [6.07, 6.45) is 4.15. The number of pyridine rings is 3. The molecule has 1 unspecified atom stereocenters. The maximum atomic E-state index is 14.7. The molecule has 1 fully saturated rings.